The van der Waals surface area contributed by atoms with Crippen LogP contribution in [0.1, 0.15) is 22.8 Å². The Hall–Kier alpha value is -3.02. The number of hydrogen-bond acceptors (Lipinski definition) is 4. The summed E-state index contributed by atoms with van der Waals surface area (Å²) in [6.45, 7) is 2.32. The lowest BCUT2D eigenvalue weighted by Crippen LogP contribution is -2.42. The summed E-state index contributed by atoms with van der Waals surface area (Å²) in [6.07, 6.45) is 0.511. The van der Waals surface area contributed by atoms with Gasteiger partial charge in [-0.15, -0.1) is 0 Å². The zero-order valence-electron chi connectivity index (χ0n) is 14.0. The van der Waals surface area contributed by atoms with Crippen molar-refractivity contribution in [2.24, 2.45) is 0 Å². The molecule has 1 atom stereocenters. The Labute approximate surface area is 145 Å². The maximum Gasteiger partial charge on any atom is 0.261 e. The van der Waals surface area contributed by atoms with Crippen molar-refractivity contribution in [1.82, 2.24) is 0 Å². The second-order valence-corrected chi connectivity index (χ2v) is 5.99. The molecule has 128 valence electrons. The van der Waals surface area contributed by atoms with Gasteiger partial charge in [-0.1, -0.05) is 18.2 Å². The molecule has 0 aliphatic carbocycles. The zero-order valence-corrected chi connectivity index (χ0v) is 14.0. The minimum atomic E-state index is -0.543. The molecule has 0 radical (unpaired) electrons. The fraction of sp³-hybridized carbons (Fsp3) is 0.263. The van der Waals surface area contributed by atoms with E-state index in [2.05, 4.69) is 5.32 Å². The fourth-order valence-corrected chi connectivity index (χ4v) is 3.46. The highest BCUT2D eigenvalue weighted by Gasteiger charge is 2.42. The highest BCUT2D eigenvalue weighted by Crippen LogP contribution is 2.40. The number of hydrogen-bond donors (Lipinski definition) is 1. The van der Waals surface area contributed by atoms with Crippen molar-refractivity contribution in [1.29, 1.82) is 0 Å². The standard InChI is InChI=1S/C19H18N2O4/c1-3-25-17-10-13-12(9-16(17)24-2)19(23)21-14-7-5-4-6-11(14)8-15(21)18(22)20-13/h4-7,9-10,15H,3,8H2,1-2H3,(H,20,22)/t15-/m0/s1. The molecule has 0 bridgehead atoms. The molecule has 2 amide bonds. The third-order valence-electron chi connectivity index (χ3n) is 4.59. The average molecular weight is 338 g/mol. The molecule has 6 nitrogen and oxygen atoms in total. The summed E-state index contributed by atoms with van der Waals surface area (Å²) in [5.74, 6) is 0.550. The van der Waals surface area contributed by atoms with Crippen LogP contribution in [0.2, 0.25) is 0 Å². The van der Waals surface area contributed by atoms with Gasteiger partial charge in [0.25, 0.3) is 5.91 Å². The highest BCUT2D eigenvalue weighted by molar-refractivity contribution is 6.19. The van der Waals surface area contributed by atoms with E-state index in [0.717, 1.165) is 11.3 Å². The summed E-state index contributed by atoms with van der Waals surface area (Å²) < 4.78 is 10.9. The van der Waals surface area contributed by atoms with Crippen molar-refractivity contribution < 1.29 is 19.1 Å². The lowest BCUT2D eigenvalue weighted by molar-refractivity contribution is -0.117. The van der Waals surface area contributed by atoms with E-state index in [1.807, 2.05) is 31.2 Å². The van der Waals surface area contributed by atoms with Crippen molar-refractivity contribution in [3.8, 4) is 11.5 Å². The van der Waals surface area contributed by atoms with E-state index in [-0.39, 0.29) is 11.8 Å². The SMILES string of the molecule is CCOc1cc2c(cc1OC)C(=O)N1c3ccccc3C[C@H]1C(=O)N2. The van der Waals surface area contributed by atoms with E-state index >= 15 is 0 Å². The van der Waals surface area contributed by atoms with Crippen LogP contribution in [0.25, 0.3) is 0 Å². The normalized spacial score (nSPS) is 18.0. The Morgan fingerprint density at radius 1 is 1.20 bits per heavy atom. The number of ether oxygens (including phenoxy) is 2. The molecule has 0 saturated carbocycles. The first-order valence-corrected chi connectivity index (χ1v) is 8.21. The molecule has 0 saturated heterocycles. The first kappa shape index (κ1) is 15.5. The lowest BCUT2D eigenvalue weighted by Gasteiger charge is -2.21. The van der Waals surface area contributed by atoms with Crippen molar-refractivity contribution in [3.63, 3.8) is 0 Å². The van der Waals surface area contributed by atoms with Gasteiger partial charge in [-0.25, -0.2) is 0 Å². The molecule has 2 aromatic carbocycles. The van der Waals surface area contributed by atoms with Crippen LogP contribution in [0, 0.1) is 0 Å². The first-order valence-electron chi connectivity index (χ1n) is 8.21. The number of benzene rings is 2. The maximum atomic E-state index is 13.2. The van der Waals surface area contributed by atoms with E-state index in [0.29, 0.717) is 35.8 Å². The number of fused-ring (bicyclic) bond motifs is 4. The van der Waals surface area contributed by atoms with Crippen LogP contribution in [-0.2, 0) is 11.2 Å². The predicted octanol–water partition coefficient (Wildman–Crippen LogP) is 2.62. The van der Waals surface area contributed by atoms with E-state index in [4.69, 9.17) is 9.47 Å². The van der Waals surface area contributed by atoms with Crippen LogP contribution in [0.5, 0.6) is 11.5 Å². The largest absolute Gasteiger partial charge is 0.493 e. The van der Waals surface area contributed by atoms with Crippen LogP contribution >= 0.6 is 0 Å². The molecule has 2 heterocycles. The third-order valence-corrected chi connectivity index (χ3v) is 4.59. The number of nitrogens with one attached hydrogen (secondary N) is 1. The van der Waals surface area contributed by atoms with Gasteiger partial charge in [-0.3, -0.25) is 14.5 Å². The fourth-order valence-electron chi connectivity index (χ4n) is 3.46. The number of amides is 2. The van der Waals surface area contributed by atoms with Gasteiger partial charge in [-0.2, -0.15) is 0 Å². The summed E-state index contributed by atoms with van der Waals surface area (Å²) in [4.78, 5) is 27.5. The van der Waals surface area contributed by atoms with Crippen LogP contribution < -0.4 is 19.7 Å². The predicted molar refractivity (Wildman–Crippen MR) is 93.5 cm³/mol. The van der Waals surface area contributed by atoms with E-state index in [9.17, 15) is 9.59 Å². The molecule has 0 unspecified atom stereocenters. The molecule has 1 N–H and O–H groups in total. The van der Waals surface area contributed by atoms with Gasteiger partial charge in [0.05, 0.1) is 25.0 Å². The summed E-state index contributed by atoms with van der Waals surface area (Å²) in [6, 6.07) is 10.4. The van der Waals surface area contributed by atoms with Crippen molar-refractivity contribution >= 4 is 23.2 Å². The second kappa shape index (κ2) is 5.81. The monoisotopic (exact) mass is 338 g/mol. The van der Waals surface area contributed by atoms with Crippen LogP contribution in [-0.4, -0.2) is 31.6 Å². The minimum Gasteiger partial charge on any atom is -0.493 e. The van der Waals surface area contributed by atoms with Gasteiger partial charge in [-0.05, 0) is 24.6 Å². The average Bonchev–Trinajstić information content (AvgIpc) is 2.97. The van der Waals surface area contributed by atoms with Gasteiger partial charge < -0.3 is 14.8 Å². The Balaban J connectivity index is 1.86. The second-order valence-electron chi connectivity index (χ2n) is 5.99. The maximum absolute atomic E-state index is 13.2. The van der Waals surface area contributed by atoms with Gasteiger partial charge in [0.15, 0.2) is 11.5 Å². The van der Waals surface area contributed by atoms with E-state index in [1.165, 1.54) is 7.11 Å². The summed E-state index contributed by atoms with van der Waals surface area (Å²) in [5.41, 5.74) is 2.63. The minimum absolute atomic E-state index is 0.198. The molecule has 0 spiro atoms. The summed E-state index contributed by atoms with van der Waals surface area (Å²) >= 11 is 0. The molecule has 0 aromatic heterocycles. The summed E-state index contributed by atoms with van der Waals surface area (Å²) in [5, 5.41) is 2.87. The number of methoxy groups -OCH3 is 1. The van der Waals surface area contributed by atoms with Crippen molar-refractivity contribution in [2.45, 2.75) is 19.4 Å². The number of carbonyl (C=O) groups is 2. The number of nitrogens with zero attached hydrogens (tertiary/aromatic N) is 1. The Bertz CT molecular complexity index is 878. The topological polar surface area (TPSA) is 67.9 Å². The smallest absolute Gasteiger partial charge is 0.261 e. The number of carbonyl (C=O) groups excluding carboxylic acids is 2. The number of para-hydroxylation sites is 1. The molecule has 2 aliphatic rings. The van der Waals surface area contributed by atoms with E-state index < -0.39 is 6.04 Å². The molecule has 0 fully saturated rings. The Morgan fingerprint density at radius 3 is 2.76 bits per heavy atom. The van der Waals surface area contributed by atoms with Crippen LogP contribution in [0.3, 0.4) is 0 Å². The molecular weight excluding hydrogens is 320 g/mol. The van der Waals surface area contributed by atoms with Gasteiger partial charge in [0.1, 0.15) is 6.04 Å². The van der Waals surface area contributed by atoms with Crippen molar-refractivity contribution in [2.75, 3.05) is 23.9 Å². The van der Waals surface area contributed by atoms with Gasteiger partial charge >= 0.3 is 0 Å². The third kappa shape index (κ3) is 2.33. The highest BCUT2D eigenvalue weighted by atomic mass is 16.5. The molecule has 2 aliphatic heterocycles. The first-order chi connectivity index (χ1) is 12.1. The Morgan fingerprint density at radius 2 is 2.00 bits per heavy atom. The number of rotatable bonds is 3. The van der Waals surface area contributed by atoms with Crippen LogP contribution in [0.15, 0.2) is 36.4 Å². The van der Waals surface area contributed by atoms with E-state index in [1.54, 1.807) is 17.0 Å². The molecule has 4 rings (SSSR count). The zero-order chi connectivity index (χ0) is 17.6. The molecular formula is C19H18N2O4. The number of anilines is 2. The molecule has 6 heteroatoms. The quantitative estimate of drug-likeness (QED) is 0.934. The molecule has 2 aromatic rings. The lowest BCUT2D eigenvalue weighted by atomic mass is 10.1. The van der Waals surface area contributed by atoms with Crippen LogP contribution in [0.4, 0.5) is 11.4 Å². The van der Waals surface area contributed by atoms with Gasteiger partial charge in [0.2, 0.25) is 5.91 Å². The Kier molecular flexibility index (Phi) is 3.60. The molecule has 25 heavy (non-hydrogen) atoms. The van der Waals surface area contributed by atoms with Gasteiger partial charge in [0, 0.05) is 18.2 Å². The summed E-state index contributed by atoms with van der Waals surface area (Å²) in [7, 11) is 1.53. The van der Waals surface area contributed by atoms with Crippen molar-refractivity contribution in [3.05, 3.63) is 47.5 Å².